The van der Waals surface area contributed by atoms with Gasteiger partial charge >= 0.3 is 0 Å². The fraction of sp³-hybridized carbons (Fsp3) is 0.368. The van der Waals surface area contributed by atoms with Crippen molar-refractivity contribution in [3.8, 4) is 5.75 Å². The fourth-order valence-corrected chi connectivity index (χ4v) is 3.20. The first kappa shape index (κ1) is 14.9. The molecule has 3 heteroatoms. The van der Waals surface area contributed by atoms with Gasteiger partial charge in [0.05, 0.1) is 13.2 Å². The van der Waals surface area contributed by atoms with Gasteiger partial charge in [0.2, 0.25) is 0 Å². The second kappa shape index (κ2) is 6.41. The van der Waals surface area contributed by atoms with Gasteiger partial charge in [0, 0.05) is 17.3 Å². The maximum Gasteiger partial charge on any atom is 0.119 e. The number of nitrogens with one attached hydrogen (secondary N) is 1. The topological polar surface area (TPSA) is 41.5 Å². The number of benzene rings is 2. The predicted octanol–water partition coefficient (Wildman–Crippen LogP) is 3.72. The van der Waals surface area contributed by atoms with Crippen LogP contribution in [0.3, 0.4) is 0 Å². The van der Waals surface area contributed by atoms with Crippen molar-refractivity contribution in [3.05, 3.63) is 59.2 Å². The molecule has 0 aliphatic heterocycles. The third-order valence-electron chi connectivity index (χ3n) is 4.41. The van der Waals surface area contributed by atoms with Gasteiger partial charge in [0.25, 0.3) is 0 Å². The van der Waals surface area contributed by atoms with Gasteiger partial charge in [-0.05, 0) is 55.5 Å². The first-order valence-electron chi connectivity index (χ1n) is 7.86. The van der Waals surface area contributed by atoms with Crippen molar-refractivity contribution < 1.29 is 9.84 Å². The van der Waals surface area contributed by atoms with Gasteiger partial charge in [0.1, 0.15) is 5.75 Å². The molecule has 116 valence electrons. The number of hydrogen-bond donors (Lipinski definition) is 2. The lowest BCUT2D eigenvalue weighted by atomic mass is 9.88. The quantitative estimate of drug-likeness (QED) is 0.904. The van der Waals surface area contributed by atoms with Crippen molar-refractivity contribution in [2.45, 2.75) is 38.3 Å². The molecule has 0 bridgehead atoms. The molecule has 0 heterocycles. The molecule has 1 aliphatic carbocycles. The zero-order chi connectivity index (χ0) is 15.5. The Hall–Kier alpha value is -2.00. The van der Waals surface area contributed by atoms with Gasteiger partial charge in [-0.3, -0.25) is 0 Å². The number of aliphatic hydroxyl groups excluding tert-OH is 1. The highest BCUT2D eigenvalue weighted by molar-refractivity contribution is 5.53. The number of para-hydroxylation sites is 1. The van der Waals surface area contributed by atoms with Crippen LogP contribution < -0.4 is 10.1 Å². The minimum absolute atomic E-state index is 0.388. The van der Waals surface area contributed by atoms with Crippen molar-refractivity contribution in [2.75, 3.05) is 12.4 Å². The molecule has 2 aromatic rings. The molecule has 1 aliphatic rings. The van der Waals surface area contributed by atoms with E-state index >= 15 is 0 Å². The van der Waals surface area contributed by atoms with Crippen LogP contribution in [0.2, 0.25) is 0 Å². The molecule has 2 unspecified atom stereocenters. The van der Waals surface area contributed by atoms with Gasteiger partial charge in [-0.25, -0.2) is 0 Å². The lowest BCUT2D eigenvalue weighted by Crippen LogP contribution is -2.28. The number of aryl methyl sites for hydroxylation is 1. The van der Waals surface area contributed by atoms with E-state index in [0.717, 1.165) is 36.3 Å². The van der Waals surface area contributed by atoms with Crippen LogP contribution in [0, 0.1) is 0 Å². The smallest absolute Gasteiger partial charge is 0.119 e. The average molecular weight is 297 g/mol. The van der Waals surface area contributed by atoms with Gasteiger partial charge in [-0.1, -0.05) is 24.3 Å². The lowest BCUT2D eigenvalue weighted by molar-refractivity contribution is 0.200. The van der Waals surface area contributed by atoms with Crippen molar-refractivity contribution in [2.24, 2.45) is 0 Å². The summed E-state index contributed by atoms with van der Waals surface area (Å²) in [5.74, 6) is 0.920. The molecule has 0 aromatic heterocycles. The van der Waals surface area contributed by atoms with E-state index < -0.39 is 6.10 Å². The average Bonchev–Trinajstić information content (AvgIpc) is 2.54. The highest BCUT2D eigenvalue weighted by Crippen LogP contribution is 2.29. The molecule has 2 aromatic carbocycles. The number of ether oxygens (including phenoxy) is 1. The summed E-state index contributed by atoms with van der Waals surface area (Å²) in [6.07, 6.45) is 2.71. The molecular weight excluding hydrogens is 274 g/mol. The molecule has 0 spiro atoms. The second-order valence-electron chi connectivity index (χ2n) is 5.98. The normalized spacial score (nSPS) is 18.4. The van der Waals surface area contributed by atoms with E-state index in [-0.39, 0.29) is 0 Å². The summed E-state index contributed by atoms with van der Waals surface area (Å²) in [4.78, 5) is 0. The summed E-state index contributed by atoms with van der Waals surface area (Å²) in [6.45, 7) is 1.81. The number of methoxy groups -OCH3 is 1. The van der Waals surface area contributed by atoms with Gasteiger partial charge in [0.15, 0.2) is 0 Å². The largest absolute Gasteiger partial charge is 0.497 e. The standard InChI is InChI=1S/C19H23NO2/c1-13(21)18-5-3-4-6-19(18)20-16-9-7-14-8-10-17(22-2)12-15(14)11-16/h3-6,8,10,12-13,16,20-21H,7,9,11H2,1-2H3. The van der Waals surface area contributed by atoms with Gasteiger partial charge in [-0.15, -0.1) is 0 Å². The second-order valence-corrected chi connectivity index (χ2v) is 5.98. The molecule has 0 saturated carbocycles. The maximum atomic E-state index is 9.90. The van der Waals surface area contributed by atoms with Crippen molar-refractivity contribution in [1.82, 2.24) is 0 Å². The Labute approximate surface area is 131 Å². The van der Waals surface area contributed by atoms with E-state index in [1.807, 2.05) is 37.3 Å². The van der Waals surface area contributed by atoms with Crippen LogP contribution in [-0.4, -0.2) is 18.3 Å². The summed E-state index contributed by atoms with van der Waals surface area (Å²) in [6, 6.07) is 14.7. The fourth-order valence-electron chi connectivity index (χ4n) is 3.20. The van der Waals surface area contributed by atoms with Crippen molar-refractivity contribution in [1.29, 1.82) is 0 Å². The Morgan fingerprint density at radius 3 is 2.77 bits per heavy atom. The molecule has 0 fully saturated rings. The Morgan fingerprint density at radius 1 is 1.18 bits per heavy atom. The first-order valence-corrected chi connectivity index (χ1v) is 7.86. The van der Waals surface area contributed by atoms with Crippen LogP contribution in [0.4, 0.5) is 5.69 Å². The molecule has 3 nitrogen and oxygen atoms in total. The number of fused-ring (bicyclic) bond motifs is 1. The molecule has 2 atom stereocenters. The molecule has 0 amide bonds. The number of anilines is 1. The SMILES string of the molecule is COc1ccc2c(c1)CC(Nc1ccccc1C(C)O)CC2. The van der Waals surface area contributed by atoms with E-state index in [2.05, 4.69) is 17.4 Å². The molecule has 0 saturated heterocycles. The van der Waals surface area contributed by atoms with Crippen molar-refractivity contribution in [3.63, 3.8) is 0 Å². The van der Waals surface area contributed by atoms with Crippen LogP contribution >= 0.6 is 0 Å². The Balaban J connectivity index is 1.78. The van der Waals surface area contributed by atoms with Crippen molar-refractivity contribution >= 4 is 5.69 Å². The van der Waals surface area contributed by atoms with Crippen LogP contribution in [0.25, 0.3) is 0 Å². The van der Waals surface area contributed by atoms with Crippen LogP contribution in [0.5, 0.6) is 5.75 Å². The summed E-state index contributed by atoms with van der Waals surface area (Å²) < 4.78 is 5.33. The first-order chi connectivity index (χ1) is 10.7. The Bertz CT molecular complexity index is 652. The highest BCUT2D eigenvalue weighted by Gasteiger charge is 2.20. The molecule has 22 heavy (non-hydrogen) atoms. The van der Waals surface area contributed by atoms with E-state index in [9.17, 15) is 5.11 Å². The number of hydrogen-bond acceptors (Lipinski definition) is 3. The molecular formula is C19H23NO2. The van der Waals surface area contributed by atoms with E-state index in [4.69, 9.17) is 4.74 Å². The summed E-state index contributed by atoms with van der Waals surface area (Å²) in [7, 11) is 1.71. The molecule has 0 radical (unpaired) electrons. The third kappa shape index (κ3) is 3.09. The molecule has 2 N–H and O–H groups in total. The van der Waals surface area contributed by atoms with E-state index in [0.29, 0.717) is 6.04 Å². The summed E-state index contributed by atoms with van der Waals surface area (Å²) >= 11 is 0. The third-order valence-corrected chi connectivity index (χ3v) is 4.41. The minimum Gasteiger partial charge on any atom is -0.497 e. The number of rotatable bonds is 4. The van der Waals surface area contributed by atoms with Gasteiger partial charge in [-0.2, -0.15) is 0 Å². The highest BCUT2D eigenvalue weighted by atomic mass is 16.5. The Kier molecular flexibility index (Phi) is 4.34. The van der Waals surface area contributed by atoms with E-state index in [1.165, 1.54) is 11.1 Å². The number of aliphatic hydroxyl groups is 1. The van der Waals surface area contributed by atoms with Gasteiger partial charge < -0.3 is 15.2 Å². The van der Waals surface area contributed by atoms with E-state index in [1.54, 1.807) is 7.11 Å². The minimum atomic E-state index is -0.459. The van der Waals surface area contributed by atoms with Crippen LogP contribution in [-0.2, 0) is 12.8 Å². The zero-order valence-electron chi connectivity index (χ0n) is 13.2. The van der Waals surface area contributed by atoms with Crippen LogP contribution in [0.15, 0.2) is 42.5 Å². The lowest BCUT2D eigenvalue weighted by Gasteiger charge is -2.28. The van der Waals surface area contributed by atoms with Crippen LogP contribution in [0.1, 0.15) is 36.1 Å². The predicted molar refractivity (Wildman–Crippen MR) is 89.5 cm³/mol. The summed E-state index contributed by atoms with van der Waals surface area (Å²) in [5.41, 5.74) is 4.77. The zero-order valence-corrected chi connectivity index (χ0v) is 13.2. The monoisotopic (exact) mass is 297 g/mol. The maximum absolute atomic E-state index is 9.90. The molecule has 3 rings (SSSR count). The summed E-state index contributed by atoms with van der Waals surface area (Å²) in [5, 5.41) is 13.5. The Morgan fingerprint density at radius 2 is 2.00 bits per heavy atom.